The molecular weight excluding hydrogens is 358 g/mol. The van der Waals surface area contributed by atoms with Crippen molar-refractivity contribution in [1.29, 1.82) is 0 Å². The van der Waals surface area contributed by atoms with E-state index in [2.05, 4.69) is 0 Å². The number of esters is 1. The molecule has 0 N–H and O–H groups in total. The van der Waals surface area contributed by atoms with Gasteiger partial charge in [-0.3, -0.25) is 9.59 Å². The number of methoxy groups -OCH3 is 1. The van der Waals surface area contributed by atoms with Crippen LogP contribution in [0.1, 0.15) is 32.0 Å². The van der Waals surface area contributed by atoms with E-state index in [0.29, 0.717) is 17.4 Å². The molecule has 6 heteroatoms. The Kier molecular flexibility index (Phi) is 6.01. The maximum absolute atomic E-state index is 12.3. The van der Waals surface area contributed by atoms with Crippen LogP contribution in [0.3, 0.4) is 0 Å². The molecule has 0 amide bonds. The fourth-order valence-electron chi connectivity index (χ4n) is 2.80. The molecule has 0 aliphatic heterocycles. The average Bonchev–Trinajstić information content (AvgIpc) is 2.74. The van der Waals surface area contributed by atoms with Gasteiger partial charge in [-0.15, -0.1) is 0 Å². The van der Waals surface area contributed by atoms with Gasteiger partial charge in [0.05, 0.1) is 24.6 Å². The van der Waals surface area contributed by atoms with E-state index >= 15 is 0 Å². The zero-order valence-corrected chi connectivity index (χ0v) is 15.3. The minimum atomic E-state index is -0.468. The van der Waals surface area contributed by atoms with Gasteiger partial charge in [0, 0.05) is 12.6 Å². The molecule has 0 aliphatic rings. The Balaban J connectivity index is 1.92. The van der Waals surface area contributed by atoms with E-state index < -0.39 is 5.97 Å². The highest BCUT2D eigenvalue weighted by molar-refractivity contribution is 5.91. The summed E-state index contributed by atoms with van der Waals surface area (Å²) >= 11 is 0. The third-order valence-electron chi connectivity index (χ3n) is 4.25. The molecule has 2 aromatic carbocycles. The van der Waals surface area contributed by atoms with E-state index in [-0.39, 0.29) is 30.0 Å². The molecule has 1 heterocycles. The van der Waals surface area contributed by atoms with E-state index in [4.69, 9.17) is 9.47 Å². The molecule has 0 unspecified atom stereocenters. The average molecular weight is 377 g/mol. The largest absolute Gasteiger partial charge is 0.483 e. The first kappa shape index (κ1) is 19.1. The molecule has 1 aromatic heterocycles. The first-order valence-electron chi connectivity index (χ1n) is 8.65. The van der Waals surface area contributed by atoms with Crippen LogP contribution >= 0.6 is 0 Å². The van der Waals surface area contributed by atoms with Gasteiger partial charge in [0.15, 0.2) is 12.0 Å². The molecule has 0 atom stereocenters. The third kappa shape index (κ3) is 4.35. The smallest absolute Gasteiger partial charge is 0.338 e. The van der Waals surface area contributed by atoms with Gasteiger partial charge in [-0.25, -0.2) is 4.79 Å². The highest BCUT2D eigenvalue weighted by Gasteiger charge is 2.14. The quantitative estimate of drug-likeness (QED) is 0.467. The summed E-state index contributed by atoms with van der Waals surface area (Å²) in [5, 5.41) is 0. The van der Waals surface area contributed by atoms with Crippen molar-refractivity contribution < 1.29 is 19.1 Å². The van der Waals surface area contributed by atoms with E-state index in [1.807, 2.05) is 30.3 Å². The Morgan fingerprint density at radius 1 is 1.07 bits per heavy atom. The highest BCUT2D eigenvalue weighted by atomic mass is 16.5. The van der Waals surface area contributed by atoms with E-state index in [1.54, 1.807) is 28.8 Å². The van der Waals surface area contributed by atoms with E-state index in [1.165, 1.54) is 19.4 Å². The number of aldehydes is 1. The Morgan fingerprint density at radius 3 is 2.50 bits per heavy atom. The number of hydrogen-bond donors (Lipinski definition) is 0. The van der Waals surface area contributed by atoms with Gasteiger partial charge in [0.25, 0.3) is 0 Å². The molecule has 3 rings (SSSR count). The summed E-state index contributed by atoms with van der Waals surface area (Å²) < 4.78 is 12.0. The molecule has 28 heavy (non-hydrogen) atoms. The SMILES string of the molecule is COC(=O)c1ccccc1Cn1cc(OCc2ccccc2)c(=O)cc1C=O. The number of ether oxygens (including phenoxy) is 2. The van der Waals surface area contributed by atoms with Gasteiger partial charge in [0.1, 0.15) is 6.61 Å². The van der Waals surface area contributed by atoms with Crippen LogP contribution in [-0.2, 0) is 17.9 Å². The van der Waals surface area contributed by atoms with Crippen molar-refractivity contribution in [3.05, 3.63) is 99.5 Å². The van der Waals surface area contributed by atoms with Crippen LogP contribution in [0.2, 0.25) is 0 Å². The predicted molar refractivity (Wildman–Crippen MR) is 104 cm³/mol. The van der Waals surface area contributed by atoms with Crippen molar-refractivity contribution in [3.63, 3.8) is 0 Å². The number of carbonyl (C=O) groups is 2. The van der Waals surface area contributed by atoms with Crippen molar-refractivity contribution >= 4 is 12.3 Å². The molecule has 142 valence electrons. The molecule has 0 aliphatic carbocycles. The Labute approximate surface area is 162 Å². The second kappa shape index (κ2) is 8.81. The number of carbonyl (C=O) groups excluding carboxylic acids is 2. The van der Waals surface area contributed by atoms with Crippen LogP contribution in [0, 0.1) is 0 Å². The minimum absolute atomic E-state index is 0.130. The summed E-state index contributed by atoms with van der Waals surface area (Å²) in [6, 6.07) is 17.6. The van der Waals surface area contributed by atoms with Crippen molar-refractivity contribution in [2.75, 3.05) is 7.11 Å². The van der Waals surface area contributed by atoms with Crippen LogP contribution in [0.4, 0.5) is 0 Å². The van der Waals surface area contributed by atoms with Crippen LogP contribution in [0.5, 0.6) is 5.75 Å². The van der Waals surface area contributed by atoms with Crippen LogP contribution in [-0.4, -0.2) is 23.9 Å². The number of aromatic nitrogens is 1. The summed E-state index contributed by atoms with van der Waals surface area (Å²) in [5.41, 5.74) is 1.79. The van der Waals surface area contributed by atoms with Gasteiger partial charge in [-0.2, -0.15) is 0 Å². The summed E-state index contributed by atoms with van der Waals surface area (Å²) in [6.45, 7) is 0.441. The van der Waals surface area contributed by atoms with E-state index in [0.717, 1.165) is 5.56 Å². The lowest BCUT2D eigenvalue weighted by Gasteiger charge is -2.14. The van der Waals surface area contributed by atoms with Crippen molar-refractivity contribution in [2.45, 2.75) is 13.2 Å². The zero-order valence-electron chi connectivity index (χ0n) is 15.3. The predicted octanol–water partition coefficient (Wildman–Crippen LogP) is 3.07. The fraction of sp³-hybridized carbons (Fsp3) is 0.136. The van der Waals surface area contributed by atoms with E-state index in [9.17, 15) is 14.4 Å². The lowest BCUT2D eigenvalue weighted by atomic mass is 10.1. The van der Waals surface area contributed by atoms with Crippen LogP contribution in [0.25, 0.3) is 0 Å². The third-order valence-corrected chi connectivity index (χ3v) is 4.25. The molecule has 0 saturated carbocycles. The Bertz CT molecular complexity index is 1040. The molecule has 0 bridgehead atoms. The van der Waals surface area contributed by atoms with Gasteiger partial charge >= 0.3 is 5.97 Å². The van der Waals surface area contributed by atoms with Gasteiger partial charge in [-0.05, 0) is 17.2 Å². The molecule has 0 saturated heterocycles. The number of pyridine rings is 1. The van der Waals surface area contributed by atoms with Crippen LogP contribution in [0.15, 0.2) is 71.7 Å². The lowest BCUT2D eigenvalue weighted by molar-refractivity contribution is 0.0599. The summed E-state index contributed by atoms with van der Waals surface area (Å²) in [7, 11) is 1.31. The standard InChI is InChI=1S/C22H19NO5/c1-27-22(26)19-10-6-5-9-17(19)12-23-13-21(20(25)11-18(23)14-24)28-15-16-7-3-2-4-8-16/h2-11,13-14H,12,15H2,1H3. The maximum atomic E-state index is 12.3. The number of hydrogen-bond acceptors (Lipinski definition) is 5. The first-order valence-corrected chi connectivity index (χ1v) is 8.65. The first-order chi connectivity index (χ1) is 13.6. The second-order valence-electron chi connectivity index (χ2n) is 6.10. The second-order valence-corrected chi connectivity index (χ2v) is 6.10. The van der Waals surface area contributed by atoms with Crippen molar-refractivity contribution in [1.82, 2.24) is 4.57 Å². The van der Waals surface area contributed by atoms with Gasteiger partial charge in [0.2, 0.25) is 5.43 Å². The van der Waals surface area contributed by atoms with Gasteiger partial charge in [-0.1, -0.05) is 48.5 Å². The zero-order chi connectivity index (χ0) is 19.9. The molecule has 0 radical (unpaired) electrons. The molecule has 3 aromatic rings. The van der Waals surface area contributed by atoms with Crippen molar-refractivity contribution in [3.8, 4) is 5.75 Å². The summed E-state index contributed by atoms with van der Waals surface area (Å²) in [4.78, 5) is 35.7. The van der Waals surface area contributed by atoms with Crippen molar-refractivity contribution in [2.24, 2.45) is 0 Å². The Morgan fingerprint density at radius 2 is 1.79 bits per heavy atom. The number of benzene rings is 2. The highest BCUT2D eigenvalue weighted by Crippen LogP contribution is 2.15. The lowest BCUT2D eigenvalue weighted by Crippen LogP contribution is -2.17. The summed E-state index contributed by atoms with van der Waals surface area (Å²) in [5.74, 6) is -0.338. The molecular formula is C22H19NO5. The fourth-order valence-corrected chi connectivity index (χ4v) is 2.80. The molecule has 6 nitrogen and oxygen atoms in total. The number of rotatable bonds is 7. The monoisotopic (exact) mass is 377 g/mol. The normalized spacial score (nSPS) is 10.3. The van der Waals surface area contributed by atoms with Crippen LogP contribution < -0.4 is 10.2 Å². The van der Waals surface area contributed by atoms with Gasteiger partial charge < -0.3 is 14.0 Å². The Hall–Kier alpha value is -3.67. The minimum Gasteiger partial charge on any atom is -0.483 e. The topological polar surface area (TPSA) is 74.6 Å². The molecule has 0 fully saturated rings. The summed E-state index contributed by atoms with van der Waals surface area (Å²) in [6.07, 6.45) is 2.09. The molecule has 0 spiro atoms. The maximum Gasteiger partial charge on any atom is 0.338 e. The number of nitrogens with zero attached hydrogens (tertiary/aromatic N) is 1.